The average Bonchev–Trinajstić information content (AvgIpc) is 2.84. The number of hydrogen-bond donors (Lipinski definition) is 0. The van der Waals surface area contributed by atoms with Crippen LogP contribution in [0.1, 0.15) is 36.7 Å². The van der Waals surface area contributed by atoms with Crippen LogP contribution in [-0.4, -0.2) is 20.5 Å². The summed E-state index contributed by atoms with van der Waals surface area (Å²) in [5, 5.41) is 4.14. The van der Waals surface area contributed by atoms with Crippen LogP contribution in [0.2, 0.25) is 0 Å². The molecule has 2 rings (SSSR count). The lowest BCUT2D eigenvalue weighted by atomic mass is 10.0. The van der Waals surface area contributed by atoms with E-state index in [0.717, 1.165) is 25.2 Å². The Morgan fingerprint density at radius 1 is 1.35 bits per heavy atom. The molecule has 106 valence electrons. The van der Waals surface area contributed by atoms with E-state index in [-0.39, 0.29) is 5.78 Å². The molecule has 0 aliphatic carbocycles. The van der Waals surface area contributed by atoms with Gasteiger partial charge in [0.2, 0.25) is 0 Å². The van der Waals surface area contributed by atoms with Crippen molar-refractivity contribution in [3.05, 3.63) is 47.5 Å². The maximum absolute atomic E-state index is 12.0. The monoisotopic (exact) mass is 271 g/mol. The van der Waals surface area contributed by atoms with Crippen molar-refractivity contribution in [1.82, 2.24) is 14.8 Å². The Bertz CT molecular complexity index is 575. The number of aryl methyl sites for hydroxylation is 3. The van der Waals surface area contributed by atoms with Gasteiger partial charge in [0.05, 0.1) is 6.42 Å². The fraction of sp³-hybridized carbons (Fsp3) is 0.438. The SMILES string of the molecule is CCCn1ncnc1CC(=O)CCc1cccc(C)c1. The first kappa shape index (κ1) is 14.4. The summed E-state index contributed by atoms with van der Waals surface area (Å²) in [6.45, 7) is 4.98. The number of aromatic nitrogens is 3. The zero-order valence-electron chi connectivity index (χ0n) is 12.2. The maximum atomic E-state index is 12.0. The lowest BCUT2D eigenvalue weighted by Crippen LogP contribution is -2.12. The molecule has 0 atom stereocenters. The van der Waals surface area contributed by atoms with Gasteiger partial charge in [0.15, 0.2) is 0 Å². The number of carbonyl (C=O) groups excluding carboxylic acids is 1. The lowest BCUT2D eigenvalue weighted by Gasteiger charge is -2.05. The number of benzene rings is 1. The number of nitrogens with zero attached hydrogens (tertiary/aromatic N) is 3. The molecule has 0 radical (unpaired) electrons. The third-order valence-corrected chi connectivity index (χ3v) is 3.26. The Morgan fingerprint density at radius 3 is 2.95 bits per heavy atom. The van der Waals surface area contributed by atoms with Gasteiger partial charge >= 0.3 is 0 Å². The molecule has 0 spiro atoms. The molecular weight excluding hydrogens is 250 g/mol. The van der Waals surface area contributed by atoms with Crippen molar-refractivity contribution in [1.29, 1.82) is 0 Å². The Hall–Kier alpha value is -1.97. The van der Waals surface area contributed by atoms with Crippen LogP contribution in [0.4, 0.5) is 0 Å². The molecule has 1 aromatic carbocycles. The van der Waals surface area contributed by atoms with Gasteiger partial charge in [0.1, 0.15) is 17.9 Å². The summed E-state index contributed by atoms with van der Waals surface area (Å²) in [5.41, 5.74) is 2.45. The molecule has 1 aromatic heterocycles. The van der Waals surface area contributed by atoms with E-state index < -0.39 is 0 Å². The quantitative estimate of drug-likeness (QED) is 0.778. The van der Waals surface area contributed by atoms with Gasteiger partial charge in [-0.2, -0.15) is 5.10 Å². The molecule has 0 unspecified atom stereocenters. The molecule has 1 heterocycles. The minimum atomic E-state index is 0.219. The van der Waals surface area contributed by atoms with Crippen molar-refractivity contribution in [3.8, 4) is 0 Å². The molecule has 20 heavy (non-hydrogen) atoms. The maximum Gasteiger partial charge on any atom is 0.140 e. The topological polar surface area (TPSA) is 47.8 Å². The fourth-order valence-electron chi connectivity index (χ4n) is 2.24. The van der Waals surface area contributed by atoms with E-state index >= 15 is 0 Å². The van der Waals surface area contributed by atoms with Gasteiger partial charge in [-0.15, -0.1) is 0 Å². The summed E-state index contributed by atoms with van der Waals surface area (Å²) in [7, 11) is 0. The molecule has 0 fully saturated rings. The second kappa shape index (κ2) is 6.98. The fourth-order valence-corrected chi connectivity index (χ4v) is 2.24. The third-order valence-electron chi connectivity index (χ3n) is 3.26. The second-order valence-electron chi connectivity index (χ2n) is 5.10. The predicted octanol–water partition coefficient (Wildman–Crippen LogP) is 2.74. The number of ketones is 1. The molecule has 4 nitrogen and oxygen atoms in total. The van der Waals surface area contributed by atoms with Crippen molar-refractivity contribution < 1.29 is 4.79 Å². The van der Waals surface area contributed by atoms with E-state index in [0.29, 0.717) is 12.8 Å². The van der Waals surface area contributed by atoms with Crippen LogP contribution in [0.5, 0.6) is 0 Å². The predicted molar refractivity (Wildman–Crippen MR) is 78.5 cm³/mol. The first-order valence-electron chi connectivity index (χ1n) is 7.13. The standard InChI is InChI=1S/C16H21N3O/c1-3-9-19-16(17-12-18-19)11-15(20)8-7-14-6-4-5-13(2)10-14/h4-6,10,12H,3,7-9,11H2,1-2H3. The summed E-state index contributed by atoms with van der Waals surface area (Å²) in [4.78, 5) is 16.2. The summed E-state index contributed by atoms with van der Waals surface area (Å²) in [6.07, 6.45) is 4.25. The van der Waals surface area contributed by atoms with Crippen molar-refractivity contribution in [2.24, 2.45) is 0 Å². The van der Waals surface area contributed by atoms with E-state index in [2.05, 4.69) is 42.1 Å². The van der Waals surface area contributed by atoms with E-state index in [1.165, 1.54) is 17.5 Å². The van der Waals surface area contributed by atoms with Gasteiger partial charge < -0.3 is 0 Å². The number of carbonyl (C=O) groups is 1. The van der Waals surface area contributed by atoms with Crippen LogP contribution in [-0.2, 0) is 24.2 Å². The minimum Gasteiger partial charge on any atom is -0.299 e. The van der Waals surface area contributed by atoms with E-state index in [1.807, 2.05) is 10.7 Å². The molecule has 0 bridgehead atoms. The Kier molecular flexibility index (Phi) is 5.04. The van der Waals surface area contributed by atoms with Crippen LogP contribution < -0.4 is 0 Å². The number of hydrogen-bond acceptors (Lipinski definition) is 3. The van der Waals surface area contributed by atoms with Crippen molar-refractivity contribution in [2.45, 2.75) is 46.1 Å². The van der Waals surface area contributed by atoms with E-state index in [4.69, 9.17) is 0 Å². The smallest absolute Gasteiger partial charge is 0.140 e. The van der Waals surface area contributed by atoms with Gasteiger partial charge in [-0.1, -0.05) is 36.8 Å². The number of Topliss-reactive ketones (excluding diaryl/α,β-unsaturated/α-hetero) is 1. The molecule has 0 aliphatic heterocycles. The highest BCUT2D eigenvalue weighted by Crippen LogP contribution is 2.08. The Balaban J connectivity index is 1.88. The zero-order valence-corrected chi connectivity index (χ0v) is 12.2. The Morgan fingerprint density at radius 2 is 2.20 bits per heavy atom. The molecule has 4 heteroatoms. The second-order valence-corrected chi connectivity index (χ2v) is 5.10. The molecule has 2 aromatic rings. The van der Waals surface area contributed by atoms with Gasteiger partial charge in [0.25, 0.3) is 0 Å². The lowest BCUT2D eigenvalue weighted by molar-refractivity contribution is -0.118. The van der Waals surface area contributed by atoms with Crippen molar-refractivity contribution in [3.63, 3.8) is 0 Å². The largest absolute Gasteiger partial charge is 0.299 e. The first-order valence-corrected chi connectivity index (χ1v) is 7.13. The summed E-state index contributed by atoms with van der Waals surface area (Å²) < 4.78 is 1.82. The highest BCUT2D eigenvalue weighted by Gasteiger charge is 2.10. The van der Waals surface area contributed by atoms with Crippen LogP contribution in [0.25, 0.3) is 0 Å². The van der Waals surface area contributed by atoms with E-state index in [9.17, 15) is 4.79 Å². The highest BCUT2D eigenvalue weighted by atomic mass is 16.1. The summed E-state index contributed by atoms with van der Waals surface area (Å²) in [6, 6.07) is 8.30. The van der Waals surface area contributed by atoms with Gasteiger partial charge in [-0.3, -0.25) is 4.79 Å². The van der Waals surface area contributed by atoms with Crippen LogP contribution in [0.15, 0.2) is 30.6 Å². The van der Waals surface area contributed by atoms with Crippen LogP contribution in [0.3, 0.4) is 0 Å². The van der Waals surface area contributed by atoms with Gasteiger partial charge in [0, 0.05) is 13.0 Å². The first-order chi connectivity index (χ1) is 9.69. The van der Waals surface area contributed by atoms with Crippen molar-refractivity contribution in [2.75, 3.05) is 0 Å². The average molecular weight is 271 g/mol. The minimum absolute atomic E-state index is 0.219. The molecule has 0 N–H and O–H groups in total. The summed E-state index contributed by atoms with van der Waals surface area (Å²) in [5.74, 6) is 0.998. The van der Waals surface area contributed by atoms with Gasteiger partial charge in [-0.25, -0.2) is 9.67 Å². The molecule has 0 amide bonds. The molecule has 0 saturated carbocycles. The molecule has 0 saturated heterocycles. The normalized spacial score (nSPS) is 10.7. The van der Waals surface area contributed by atoms with Crippen LogP contribution in [0, 0.1) is 6.92 Å². The van der Waals surface area contributed by atoms with Crippen LogP contribution >= 0.6 is 0 Å². The number of rotatable bonds is 7. The van der Waals surface area contributed by atoms with E-state index in [1.54, 1.807) is 0 Å². The summed E-state index contributed by atoms with van der Waals surface area (Å²) >= 11 is 0. The van der Waals surface area contributed by atoms with Gasteiger partial charge in [-0.05, 0) is 25.3 Å². The third kappa shape index (κ3) is 4.02. The highest BCUT2D eigenvalue weighted by molar-refractivity contribution is 5.80. The Labute approximate surface area is 119 Å². The molecule has 0 aliphatic rings. The van der Waals surface area contributed by atoms with Crippen molar-refractivity contribution >= 4 is 5.78 Å². The molecular formula is C16H21N3O. The zero-order chi connectivity index (χ0) is 14.4.